The monoisotopic (exact) mass is 357 g/mol. The van der Waals surface area contributed by atoms with Crippen molar-refractivity contribution < 1.29 is 9.53 Å². The number of hydrogen-bond acceptors (Lipinski definition) is 5. The Morgan fingerprint density at radius 1 is 1.19 bits per heavy atom. The van der Waals surface area contributed by atoms with E-state index in [9.17, 15) is 4.79 Å². The average Bonchev–Trinajstić information content (AvgIpc) is 3.10. The van der Waals surface area contributed by atoms with Gasteiger partial charge in [0.1, 0.15) is 11.4 Å². The third-order valence-electron chi connectivity index (χ3n) is 4.31. The first-order valence-corrected chi connectivity index (χ1v) is 9.11. The molecule has 1 fully saturated rings. The van der Waals surface area contributed by atoms with Gasteiger partial charge in [0.25, 0.3) is 0 Å². The minimum atomic E-state index is -0.464. The smallest absolute Gasteiger partial charge is 0.407 e. The van der Waals surface area contributed by atoms with Crippen LogP contribution in [0.15, 0.2) is 36.8 Å². The minimum Gasteiger partial charge on any atom is -0.444 e. The SMILES string of the molecule is CC(C)(C)OC(=O)NC1CCC(Nc2cc(-n3cccn3)ccn2)CC1. The Morgan fingerprint density at radius 3 is 2.58 bits per heavy atom. The number of pyridine rings is 1. The van der Waals surface area contributed by atoms with Crippen LogP contribution in [0.2, 0.25) is 0 Å². The van der Waals surface area contributed by atoms with Crippen molar-refractivity contribution >= 4 is 11.9 Å². The molecule has 1 aliphatic rings. The Kier molecular flexibility index (Phi) is 5.44. The molecule has 0 radical (unpaired) electrons. The van der Waals surface area contributed by atoms with Gasteiger partial charge in [-0.15, -0.1) is 0 Å². The zero-order chi connectivity index (χ0) is 18.6. The Morgan fingerprint density at radius 2 is 1.92 bits per heavy atom. The van der Waals surface area contributed by atoms with Gasteiger partial charge in [-0.25, -0.2) is 14.5 Å². The summed E-state index contributed by atoms with van der Waals surface area (Å²) in [5.41, 5.74) is 0.515. The van der Waals surface area contributed by atoms with Crippen molar-refractivity contribution in [1.29, 1.82) is 0 Å². The summed E-state index contributed by atoms with van der Waals surface area (Å²) in [6, 6.07) is 6.35. The summed E-state index contributed by atoms with van der Waals surface area (Å²) in [5, 5.41) is 10.7. The third kappa shape index (κ3) is 5.21. The maximum absolute atomic E-state index is 11.9. The molecule has 2 N–H and O–H groups in total. The standard InChI is InChI=1S/C19H27N5O2/c1-19(2,3)26-18(25)23-15-7-5-14(6-8-15)22-17-13-16(9-11-20-17)24-12-4-10-21-24/h4,9-15H,5-8H2,1-3H3,(H,20,22)(H,23,25). The normalized spacial score (nSPS) is 20.4. The fraction of sp³-hybridized carbons (Fsp3) is 0.526. The van der Waals surface area contributed by atoms with Crippen LogP contribution >= 0.6 is 0 Å². The van der Waals surface area contributed by atoms with Gasteiger partial charge in [0, 0.05) is 36.7 Å². The van der Waals surface area contributed by atoms with Crippen LogP contribution in [-0.2, 0) is 4.74 Å². The molecular weight excluding hydrogens is 330 g/mol. The van der Waals surface area contributed by atoms with Crippen molar-refractivity contribution in [2.24, 2.45) is 0 Å². The van der Waals surface area contributed by atoms with Crippen molar-refractivity contribution in [2.45, 2.75) is 64.1 Å². The quantitative estimate of drug-likeness (QED) is 0.875. The molecule has 1 amide bonds. The van der Waals surface area contributed by atoms with Crippen molar-refractivity contribution in [3.63, 3.8) is 0 Å². The third-order valence-corrected chi connectivity index (χ3v) is 4.31. The number of amides is 1. The molecular formula is C19H27N5O2. The lowest BCUT2D eigenvalue weighted by Gasteiger charge is -2.30. The number of carbonyl (C=O) groups excluding carboxylic acids is 1. The summed E-state index contributed by atoms with van der Waals surface area (Å²) in [5.74, 6) is 0.849. The Bertz CT molecular complexity index is 716. The van der Waals surface area contributed by atoms with Gasteiger partial charge in [-0.1, -0.05) is 0 Å². The highest BCUT2D eigenvalue weighted by molar-refractivity contribution is 5.68. The van der Waals surface area contributed by atoms with Crippen molar-refractivity contribution in [1.82, 2.24) is 20.1 Å². The number of alkyl carbamates (subject to hydrolysis) is 1. The molecule has 7 heteroatoms. The summed E-state index contributed by atoms with van der Waals surface area (Å²) in [7, 11) is 0. The molecule has 2 heterocycles. The van der Waals surface area contributed by atoms with E-state index in [1.165, 1.54) is 0 Å². The number of rotatable bonds is 4. The first-order valence-electron chi connectivity index (χ1n) is 9.11. The highest BCUT2D eigenvalue weighted by atomic mass is 16.6. The van der Waals surface area contributed by atoms with Crippen LogP contribution in [0.5, 0.6) is 0 Å². The van der Waals surface area contributed by atoms with E-state index in [1.807, 2.05) is 49.8 Å². The lowest BCUT2D eigenvalue weighted by atomic mass is 9.91. The Labute approximate surface area is 154 Å². The highest BCUT2D eigenvalue weighted by Crippen LogP contribution is 2.23. The van der Waals surface area contributed by atoms with E-state index in [0.717, 1.165) is 37.2 Å². The summed E-state index contributed by atoms with van der Waals surface area (Å²) >= 11 is 0. The van der Waals surface area contributed by atoms with E-state index in [-0.39, 0.29) is 12.1 Å². The molecule has 26 heavy (non-hydrogen) atoms. The van der Waals surface area contributed by atoms with Crippen molar-refractivity contribution in [2.75, 3.05) is 5.32 Å². The predicted molar refractivity (Wildman–Crippen MR) is 100 cm³/mol. The topological polar surface area (TPSA) is 81.1 Å². The van der Waals surface area contributed by atoms with Gasteiger partial charge in [0.05, 0.1) is 5.69 Å². The summed E-state index contributed by atoms with van der Waals surface area (Å²) in [6.45, 7) is 5.62. The Balaban J connectivity index is 1.49. The van der Waals surface area contributed by atoms with E-state index in [2.05, 4.69) is 20.7 Å². The maximum Gasteiger partial charge on any atom is 0.407 e. The molecule has 0 spiro atoms. The molecule has 2 aromatic heterocycles. The zero-order valence-electron chi connectivity index (χ0n) is 15.6. The molecule has 7 nitrogen and oxygen atoms in total. The highest BCUT2D eigenvalue weighted by Gasteiger charge is 2.24. The van der Waals surface area contributed by atoms with Crippen LogP contribution in [0.3, 0.4) is 0 Å². The molecule has 2 aromatic rings. The lowest BCUT2D eigenvalue weighted by molar-refractivity contribution is 0.0492. The fourth-order valence-corrected chi connectivity index (χ4v) is 3.13. The number of carbonyl (C=O) groups is 1. The molecule has 0 aromatic carbocycles. The van der Waals surface area contributed by atoms with Gasteiger partial charge < -0.3 is 15.4 Å². The van der Waals surface area contributed by atoms with E-state index in [1.54, 1.807) is 12.4 Å². The van der Waals surface area contributed by atoms with Crippen molar-refractivity contribution in [3.05, 3.63) is 36.8 Å². The Hall–Kier alpha value is -2.57. The summed E-state index contributed by atoms with van der Waals surface area (Å²) in [4.78, 5) is 16.3. The van der Waals surface area contributed by atoms with Gasteiger partial charge in [0.15, 0.2) is 0 Å². The summed E-state index contributed by atoms with van der Waals surface area (Å²) in [6.07, 6.45) is 8.93. The van der Waals surface area contributed by atoms with Crippen LogP contribution < -0.4 is 10.6 Å². The number of nitrogens with one attached hydrogen (secondary N) is 2. The molecule has 3 rings (SSSR count). The van der Waals surface area contributed by atoms with Crippen molar-refractivity contribution in [3.8, 4) is 5.69 Å². The summed E-state index contributed by atoms with van der Waals surface area (Å²) < 4.78 is 7.14. The molecule has 0 bridgehead atoms. The first kappa shape index (κ1) is 18.2. The van der Waals surface area contributed by atoms with Crippen LogP contribution in [0.25, 0.3) is 5.69 Å². The zero-order valence-corrected chi connectivity index (χ0v) is 15.6. The lowest BCUT2D eigenvalue weighted by Crippen LogP contribution is -2.42. The second-order valence-corrected chi connectivity index (χ2v) is 7.69. The number of nitrogens with zero attached hydrogens (tertiary/aromatic N) is 3. The molecule has 0 saturated heterocycles. The van der Waals surface area contributed by atoms with Gasteiger partial charge in [-0.3, -0.25) is 0 Å². The second kappa shape index (κ2) is 7.76. The number of ether oxygens (including phenoxy) is 1. The van der Waals surface area contributed by atoms with Gasteiger partial charge in [-0.2, -0.15) is 5.10 Å². The van der Waals surface area contributed by atoms with Gasteiger partial charge in [-0.05, 0) is 58.6 Å². The van der Waals surface area contributed by atoms with Crippen LogP contribution in [0, 0.1) is 0 Å². The first-order chi connectivity index (χ1) is 12.4. The molecule has 0 aliphatic heterocycles. The predicted octanol–water partition coefficient (Wildman–Crippen LogP) is 3.52. The van der Waals surface area contributed by atoms with E-state index < -0.39 is 5.60 Å². The number of aromatic nitrogens is 3. The second-order valence-electron chi connectivity index (χ2n) is 7.69. The largest absolute Gasteiger partial charge is 0.444 e. The van der Waals surface area contributed by atoms with E-state index in [0.29, 0.717) is 6.04 Å². The van der Waals surface area contributed by atoms with E-state index >= 15 is 0 Å². The molecule has 0 unspecified atom stereocenters. The number of anilines is 1. The van der Waals surface area contributed by atoms with Crippen LogP contribution in [0.1, 0.15) is 46.5 Å². The molecule has 1 aliphatic carbocycles. The molecule has 140 valence electrons. The van der Waals surface area contributed by atoms with Gasteiger partial charge >= 0.3 is 6.09 Å². The number of hydrogen-bond donors (Lipinski definition) is 2. The van der Waals surface area contributed by atoms with Crippen LogP contribution in [0.4, 0.5) is 10.6 Å². The average molecular weight is 357 g/mol. The minimum absolute atomic E-state index is 0.172. The fourth-order valence-electron chi connectivity index (χ4n) is 3.13. The maximum atomic E-state index is 11.9. The molecule has 1 saturated carbocycles. The van der Waals surface area contributed by atoms with Gasteiger partial charge in [0.2, 0.25) is 0 Å². The van der Waals surface area contributed by atoms with Crippen LogP contribution in [-0.4, -0.2) is 38.5 Å². The van der Waals surface area contributed by atoms with E-state index in [4.69, 9.17) is 4.74 Å². The molecule has 0 atom stereocenters.